The topological polar surface area (TPSA) is 78.9 Å². The van der Waals surface area contributed by atoms with E-state index in [9.17, 15) is 4.79 Å². The van der Waals surface area contributed by atoms with Crippen LogP contribution in [0.5, 0.6) is 0 Å². The number of halogens is 1. The molecule has 1 aromatic rings. The van der Waals surface area contributed by atoms with Gasteiger partial charge in [0, 0.05) is 13.1 Å². The van der Waals surface area contributed by atoms with Gasteiger partial charge in [0.05, 0.1) is 12.7 Å². The summed E-state index contributed by atoms with van der Waals surface area (Å²) in [5.74, 6) is 0.865. The standard InChI is InChI=1S/C10H14ClN5O/c1-12-10-14-4-7(11)9(16-10)13-5-8(17)15-6-2-3-6/h4,6H,2-3,5H2,1H3,(H,15,17)(H2,12,13,14,16). The fourth-order valence-corrected chi connectivity index (χ4v) is 1.44. The van der Waals surface area contributed by atoms with E-state index < -0.39 is 0 Å². The third kappa shape index (κ3) is 3.45. The summed E-state index contributed by atoms with van der Waals surface area (Å²) in [6.07, 6.45) is 3.63. The van der Waals surface area contributed by atoms with Crippen LogP contribution in [-0.4, -0.2) is 35.5 Å². The number of nitrogens with zero attached hydrogens (tertiary/aromatic N) is 2. The number of nitrogens with one attached hydrogen (secondary N) is 3. The van der Waals surface area contributed by atoms with Gasteiger partial charge in [0.25, 0.3) is 0 Å². The van der Waals surface area contributed by atoms with Crippen molar-refractivity contribution in [2.45, 2.75) is 18.9 Å². The van der Waals surface area contributed by atoms with Crippen LogP contribution in [0.3, 0.4) is 0 Å². The third-order valence-corrected chi connectivity index (χ3v) is 2.60. The Morgan fingerprint density at radius 3 is 3.00 bits per heavy atom. The number of rotatable bonds is 5. The van der Waals surface area contributed by atoms with Gasteiger partial charge in [-0.3, -0.25) is 4.79 Å². The summed E-state index contributed by atoms with van der Waals surface area (Å²) in [6.45, 7) is 0.163. The van der Waals surface area contributed by atoms with Crippen molar-refractivity contribution in [3.8, 4) is 0 Å². The van der Waals surface area contributed by atoms with Gasteiger partial charge in [-0.05, 0) is 12.8 Å². The zero-order valence-electron chi connectivity index (χ0n) is 9.46. The van der Waals surface area contributed by atoms with Gasteiger partial charge < -0.3 is 16.0 Å². The molecule has 1 amide bonds. The molecule has 0 bridgehead atoms. The molecule has 1 aliphatic carbocycles. The highest BCUT2D eigenvalue weighted by molar-refractivity contribution is 6.32. The van der Waals surface area contributed by atoms with Crippen molar-refractivity contribution in [1.82, 2.24) is 15.3 Å². The number of amides is 1. The average Bonchev–Trinajstić information content (AvgIpc) is 3.12. The van der Waals surface area contributed by atoms with E-state index in [0.717, 1.165) is 12.8 Å². The predicted molar refractivity (Wildman–Crippen MR) is 66.2 cm³/mol. The quantitative estimate of drug-likeness (QED) is 0.727. The van der Waals surface area contributed by atoms with Crippen LogP contribution in [0, 0.1) is 0 Å². The van der Waals surface area contributed by atoms with Crippen LogP contribution in [0.15, 0.2) is 6.20 Å². The molecule has 1 aromatic heterocycles. The molecule has 0 spiro atoms. The van der Waals surface area contributed by atoms with Gasteiger partial charge in [-0.1, -0.05) is 11.6 Å². The van der Waals surface area contributed by atoms with Crippen LogP contribution in [0.1, 0.15) is 12.8 Å². The van der Waals surface area contributed by atoms with Crippen molar-refractivity contribution >= 4 is 29.3 Å². The molecule has 1 saturated carbocycles. The number of carbonyl (C=O) groups is 1. The van der Waals surface area contributed by atoms with Crippen molar-refractivity contribution in [3.05, 3.63) is 11.2 Å². The largest absolute Gasteiger partial charge is 0.360 e. The minimum absolute atomic E-state index is 0.0480. The average molecular weight is 256 g/mol. The van der Waals surface area contributed by atoms with E-state index in [1.165, 1.54) is 6.20 Å². The number of hydrogen-bond acceptors (Lipinski definition) is 5. The smallest absolute Gasteiger partial charge is 0.239 e. The van der Waals surface area contributed by atoms with E-state index in [2.05, 4.69) is 25.9 Å². The first kappa shape index (κ1) is 11.9. The van der Waals surface area contributed by atoms with Gasteiger partial charge >= 0.3 is 0 Å². The Morgan fingerprint density at radius 2 is 2.35 bits per heavy atom. The fraction of sp³-hybridized carbons (Fsp3) is 0.500. The Hall–Kier alpha value is -1.56. The summed E-state index contributed by atoms with van der Waals surface area (Å²) >= 11 is 5.91. The zero-order valence-corrected chi connectivity index (χ0v) is 10.2. The molecule has 3 N–H and O–H groups in total. The Kier molecular flexibility index (Phi) is 3.63. The summed E-state index contributed by atoms with van der Waals surface area (Å²) in [5.41, 5.74) is 0. The van der Waals surface area contributed by atoms with Gasteiger partial charge in [-0.25, -0.2) is 4.98 Å². The maximum atomic E-state index is 11.5. The molecule has 92 valence electrons. The second kappa shape index (κ2) is 5.18. The second-order valence-electron chi connectivity index (χ2n) is 3.84. The normalized spacial score (nSPS) is 14.2. The molecule has 0 unspecified atom stereocenters. The van der Waals surface area contributed by atoms with Crippen molar-refractivity contribution in [3.63, 3.8) is 0 Å². The van der Waals surface area contributed by atoms with Crippen LogP contribution in [-0.2, 0) is 4.79 Å². The Bertz CT molecular complexity index is 421. The van der Waals surface area contributed by atoms with Gasteiger partial charge in [-0.15, -0.1) is 0 Å². The lowest BCUT2D eigenvalue weighted by molar-refractivity contribution is -0.119. The molecule has 0 radical (unpaired) electrons. The summed E-state index contributed by atoms with van der Waals surface area (Å²) in [7, 11) is 1.72. The minimum Gasteiger partial charge on any atom is -0.360 e. The van der Waals surface area contributed by atoms with Gasteiger partial charge in [0.15, 0.2) is 5.82 Å². The lowest BCUT2D eigenvalue weighted by Crippen LogP contribution is -2.31. The number of carbonyl (C=O) groups excluding carboxylic acids is 1. The van der Waals surface area contributed by atoms with Crippen LogP contribution >= 0.6 is 11.6 Å². The van der Waals surface area contributed by atoms with Crippen LogP contribution in [0.25, 0.3) is 0 Å². The highest BCUT2D eigenvalue weighted by atomic mass is 35.5. The fourth-order valence-electron chi connectivity index (χ4n) is 1.28. The van der Waals surface area contributed by atoms with Crippen LogP contribution in [0.2, 0.25) is 5.02 Å². The lowest BCUT2D eigenvalue weighted by atomic mass is 10.5. The molecule has 17 heavy (non-hydrogen) atoms. The number of anilines is 2. The Labute approximate surface area is 104 Å². The first-order valence-electron chi connectivity index (χ1n) is 5.42. The Morgan fingerprint density at radius 1 is 1.59 bits per heavy atom. The summed E-state index contributed by atoms with van der Waals surface area (Å²) in [6, 6.07) is 0.359. The van der Waals surface area contributed by atoms with Crippen molar-refractivity contribution < 1.29 is 4.79 Å². The van der Waals surface area contributed by atoms with Crippen molar-refractivity contribution in [2.75, 3.05) is 24.2 Å². The molecule has 6 nitrogen and oxygen atoms in total. The van der Waals surface area contributed by atoms with Gasteiger partial charge in [0.2, 0.25) is 11.9 Å². The first-order chi connectivity index (χ1) is 8.19. The van der Waals surface area contributed by atoms with E-state index in [0.29, 0.717) is 22.8 Å². The third-order valence-electron chi connectivity index (χ3n) is 2.33. The molecular weight excluding hydrogens is 242 g/mol. The molecule has 0 aromatic carbocycles. The highest BCUT2D eigenvalue weighted by Crippen LogP contribution is 2.20. The molecule has 1 aliphatic rings. The van der Waals surface area contributed by atoms with Crippen molar-refractivity contribution in [2.24, 2.45) is 0 Å². The maximum Gasteiger partial charge on any atom is 0.239 e. The second-order valence-corrected chi connectivity index (χ2v) is 4.24. The van der Waals surface area contributed by atoms with Gasteiger partial charge in [0.1, 0.15) is 5.02 Å². The monoisotopic (exact) mass is 255 g/mol. The van der Waals surface area contributed by atoms with E-state index in [4.69, 9.17) is 11.6 Å². The predicted octanol–water partition coefficient (Wildman–Crippen LogP) is 0.862. The molecule has 2 rings (SSSR count). The molecule has 0 atom stereocenters. The molecule has 7 heteroatoms. The SMILES string of the molecule is CNc1ncc(Cl)c(NCC(=O)NC2CC2)n1. The molecule has 1 heterocycles. The molecule has 1 fully saturated rings. The van der Waals surface area contributed by atoms with E-state index in [-0.39, 0.29) is 12.5 Å². The summed E-state index contributed by atoms with van der Waals surface area (Å²) < 4.78 is 0. The van der Waals surface area contributed by atoms with E-state index in [1.807, 2.05) is 0 Å². The number of hydrogen-bond donors (Lipinski definition) is 3. The van der Waals surface area contributed by atoms with Crippen molar-refractivity contribution in [1.29, 1.82) is 0 Å². The van der Waals surface area contributed by atoms with Gasteiger partial charge in [-0.2, -0.15) is 4.98 Å². The van der Waals surface area contributed by atoms with Crippen LogP contribution in [0.4, 0.5) is 11.8 Å². The van der Waals surface area contributed by atoms with E-state index >= 15 is 0 Å². The van der Waals surface area contributed by atoms with Crippen LogP contribution < -0.4 is 16.0 Å². The summed E-state index contributed by atoms with van der Waals surface area (Å²) in [4.78, 5) is 19.5. The number of aromatic nitrogens is 2. The molecule has 0 aliphatic heterocycles. The zero-order chi connectivity index (χ0) is 12.3. The Balaban J connectivity index is 1.90. The maximum absolute atomic E-state index is 11.5. The first-order valence-corrected chi connectivity index (χ1v) is 5.80. The highest BCUT2D eigenvalue weighted by Gasteiger charge is 2.23. The molecular formula is C10H14ClN5O. The summed E-state index contributed by atoms with van der Waals surface area (Å²) in [5, 5.41) is 8.95. The molecule has 0 saturated heterocycles. The van der Waals surface area contributed by atoms with E-state index in [1.54, 1.807) is 7.05 Å². The lowest BCUT2D eigenvalue weighted by Gasteiger charge is -2.08. The minimum atomic E-state index is -0.0480.